The van der Waals surface area contributed by atoms with E-state index in [0.717, 1.165) is 17.5 Å². The van der Waals surface area contributed by atoms with Crippen LogP contribution in [0.4, 0.5) is 13.2 Å². The van der Waals surface area contributed by atoms with E-state index < -0.39 is 18.1 Å². The van der Waals surface area contributed by atoms with Crippen molar-refractivity contribution in [3.05, 3.63) is 41.0 Å². The van der Waals surface area contributed by atoms with Crippen LogP contribution in [0.2, 0.25) is 0 Å². The first kappa shape index (κ1) is 14.7. The maximum Gasteiger partial charge on any atom is 0.490 e. The zero-order valence-corrected chi connectivity index (χ0v) is 9.44. The molecule has 1 aromatic rings. The van der Waals surface area contributed by atoms with Crippen molar-refractivity contribution in [2.75, 3.05) is 0 Å². The van der Waals surface area contributed by atoms with Crippen LogP contribution < -0.4 is 0 Å². The predicted octanol–water partition coefficient (Wildman–Crippen LogP) is 2.59. The molecule has 0 spiro atoms. The Labute approximate surface area is 105 Å². The van der Waals surface area contributed by atoms with Gasteiger partial charge in [0.1, 0.15) is 0 Å². The Balaban J connectivity index is 0.000000224. The van der Waals surface area contributed by atoms with Crippen molar-refractivity contribution in [3.63, 3.8) is 0 Å². The van der Waals surface area contributed by atoms with Crippen LogP contribution in [-0.4, -0.2) is 28.3 Å². The van der Waals surface area contributed by atoms with Gasteiger partial charge in [-0.15, -0.1) is 0 Å². The first-order chi connectivity index (χ1) is 8.73. The van der Waals surface area contributed by atoms with E-state index in [9.17, 15) is 18.0 Å². The van der Waals surface area contributed by atoms with E-state index in [4.69, 9.17) is 15.0 Å². The molecule has 0 atom stereocenters. The minimum atomic E-state index is -5.08. The Morgan fingerprint density at radius 1 is 1.16 bits per heavy atom. The number of carboxylic acids is 2. The Morgan fingerprint density at radius 3 is 2.21 bits per heavy atom. The van der Waals surface area contributed by atoms with Gasteiger partial charge in [-0.25, -0.2) is 9.59 Å². The average molecular weight is 274 g/mol. The number of hydrogen-bond acceptors (Lipinski definition) is 2. The quantitative estimate of drug-likeness (QED) is 0.825. The maximum absolute atomic E-state index is 10.7. The summed E-state index contributed by atoms with van der Waals surface area (Å²) in [6.07, 6.45) is -0.392. The van der Waals surface area contributed by atoms with Crippen molar-refractivity contribution in [2.24, 2.45) is 0 Å². The second kappa shape index (κ2) is 5.55. The van der Waals surface area contributed by atoms with Gasteiger partial charge in [0.25, 0.3) is 0 Å². The third-order valence-electron chi connectivity index (χ3n) is 2.30. The number of benzene rings is 1. The van der Waals surface area contributed by atoms with E-state index in [1.165, 1.54) is 0 Å². The molecular weight excluding hydrogens is 265 g/mol. The van der Waals surface area contributed by atoms with Crippen molar-refractivity contribution >= 4 is 18.0 Å². The molecule has 2 N–H and O–H groups in total. The number of fused-ring (bicyclic) bond motifs is 1. The lowest BCUT2D eigenvalue weighted by Gasteiger charge is -2.02. The van der Waals surface area contributed by atoms with Crippen molar-refractivity contribution in [1.29, 1.82) is 0 Å². The Kier molecular flexibility index (Phi) is 4.31. The molecule has 0 aliphatic heterocycles. The van der Waals surface area contributed by atoms with Gasteiger partial charge in [0.15, 0.2) is 0 Å². The second-order valence-corrected chi connectivity index (χ2v) is 3.59. The summed E-state index contributed by atoms with van der Waals surface area (Å²) in [5, 5.41) is 15.9. The molecule has 4 nitrogen and oxygen atoms in total. The van der Waals surface area contributed by atoms with Crippen LogP contribution in [0.1, 0.15) is 21.5 Å². The highest BCUT2D eigenvalue weighted by Crippen LogP contribution is 2.22. The summed E-state index contributed by atoms with van der Waals surface area (Å²) < 4.78 is 31.7. The van der Waals surface area contributed by atoms with E-state index in [1.54, 1.807) is 12.1 Å². The fraction of sp³-hybridized carbons (Fsp3) is 0.167. The number of rotatable bonds is 1. The van der Waals surface area contributed by atoms with Gasteiger partial charge in [0.2, 0.25) is 0 Å². The molecule has 7 heteroatoms. The third-order valence-corrected chi connectivity index (χ3v) is 2.30. The van der Waals surface area contributed by atoms with Crippen LogP contribution >= 0.6 is 0 Å². The highest BCUT2D eigenvalue weighted by Gasteiger charge is 2.38. The summed E-state index contributed by atoms with van der Waals surface area (Å²) >= 11 is 0. The van der Waals surface area contributed by atoms with Gasteiger partial charge >= 0.3 is 18.1 Å². The van der Waals surface area contributed by atoms with Gasteiger partial charge in [-0.1, -0.05) is 24.3 Å². The van der Waals surface area contributed by atoms with Crippen LogP contribution in [0.3, 0.4) is 0 Å². The minimum Gasteiger partial charge on any atom is -0.478 e. The first-order valence-corrected chi connectivity index (χ1v) is 5.05. The smallest absolute Gasteiger partial charge is 0.478 e. The van der Waals surface area contributed by atoms with Gasteiger partial charge in [0, 0.05) is 0 Å². The third kappa shape index (κ3) is 3.84. The summed E-state index contributed by atoms with van der Waals surface area (Å²) in [5.74, 6) is -3.59. The number of carboxylic acid groups (broad SMARTS) is 2. The van der Waals surface area contributed by atoms with E-state index in [2.05, 4.69) is 0 Å². The molecule has 1 aliphatic rings. The molecule has 1 aliphatic carbocycles. The lowest BCUT2D eigenvalue weighted by molar-refractivity contribution is -0.192. The largest absolute Gasteiger partial charge is 0.490 e. The molecule has 0 unspecified atom stereocenters. The van der Waals surface area contributed by atoms with Gasteiger partial charge < -0.3 is 10.2 Å². The summed E-state index contributed by atoms with van der Waals surface area (Å²) in [6.45, 7) is 0. The molecule has 0 radical (unpaired) electrons. The average Bonchev–Trinajstić information content (AvgIpc) is 2.75. The summed E-state index contributed by atoms with van der Waals surface area (Å²) in [7, 11) is 0. The van der Waals surface area contributed by atoms with Crippen LogP contribution in [0.5, 0.6) is 0 Å². The highest BCUT2D eigenvalue weighted by molar-refractivity contribution is 5.91. The Bertz CT molecular complexity index is 532. The summed E-state index contributed by atoms with van der Waals surface area (Å²) in [5.41, 5.74) is 2.40. The number of hydrogen-bond donors (Lipinski definition) is 2. The van der Waals surface area contributed by atoms with Gasteiger partial charge in [-0.3, -0.25) is 0 Å². The lowest BCUT2D eigenvalue weighted by Crippen LogP contribution is -2.21. The molecule has 0 fully saturated rings. The molecule has 1 aromatic carbocycles. The van der Waals surface area contributed by atoms with E-state index in [-0.39, 0.29) is 0 Å². The minimum absolute atomic E-state index is 0.428. The van der Waals surface area contributed by atoms with Crippen molar-refractivity contribution in [3.8, 4) is 0 Å². The van der Waals surface area contributed by atoms with Crippen LogP contribution in [0.15, 0.2) is 24.3 Å². The van der Waals surface area contributed by atoms with Crippen molar-refractivity contribution < 1.29 is 33.0 Å². The van der Waals surface area contributed by atoms with Crippen LogP contribution in [0.25, 0.3) is 6.08 Å². The van der Waals surface area contributed by atoms with Gasteiger partial charge in [0.05, 0.1) is 5.56 Å². The van der Waals surface area contributed by atoms with Crippen LogP contribution in [0, 0.1) is 0 Å². The molecule has 102 valence electrons. The SMILES string of the molecule is O=C(O)C(F)(F)F.O=C(O)c1cccc2c1CC=C2. The molecule has 0 saturated heterocycles. The lowest BCUT2D eigenvalue weighted by atomic mass is 10.0. The maximum atomic E-state index is 10.7. The normalized spacial score (nSPS) is 12.4. The summed E-state index contributed by atoms with van der Waals surface area (Å²) in [4.78, 5) is 19.6. The fourth-order valence-corrected chi connectivity index (χ4v) is 1.49. The number of allylic oxidation sites excluding steroid dienone is 1. The molecule has 19 heavy (non-hydrogen) atoms. The Morgan fingerprint density at radius 2 is 1.74 bits per heavy atom. The molecule has 0 bridgehead atoms. The molecule has 0 aromatic heterocycles. The number of halogens is 3. The molecule has 2 rings (SSSR count). The second-order valence-electron chi connectivity index (χ2n) is 3.59. The molecule has 0 saturated carbocycles. The number of carbonyl (C=O) groups is 2. The van der Waals surface area contributed by atoms with E-state index >= 15 is 0 Å². The first-order valence-electron chi connectivity index (χ1n) is 5.05. The van der Waals surface area contributed by atoms with E-state index in [0.29, 0.717) is 5.56 Å². The number of aliphatic carboxylic acids is 1. The topological polar surface area (TPSA) is 74.6 Å². The standard InChI is InChI=1S/C10H8O2.C2HF3O2/c11-10(12)9-6-2-4-7-3-1-5-8(7)9;3-2(4,5)1(6)7/h1-4,6H,5H2,(H,11,12);(H,6,7). The monoisotopic (exact) mass is 274 g/mol. The Hall–Kier alpha value is -2.31. The molecular formula is C12H9F3O4. The zero-order chi connectivity index (χ0) is 14.6. The molecule has 0 amide bonds. The van der Waals surface area contributed by atoms with Crippen molar-refractivity contribution in [2.45, 2.75) is 12.6 Å². The predicted molar refractivity (Wildman–Crippen MR) is 59.8 cm³/mol. The fourth-order valence-electron chi connectivity index (χ4n) is 1.49. The van der Waals surface area contributed by atoms with E-state index in [1.807, 2.05) is 18.2 Å². The van der Waals surface area contributed by atoms with Gasteiger partial charge in [-0.05, 0) is 23.6 Å². The van der Waals surface area contributed by atoms with Crippen molar-refractivity contribution in [1.82, 2.24) is 0 Å². The van der Waals surface area contributed by atoms with Gasteiger partial charge in [-0.2, -0.15) is 13.2 Å². The zero-order valence-electron chi connectivity index (χ0n) is 9.44. The number of aromatic carboxylic acids is 1. The number of alkyl halides is 3. The molecule has 0 heterocycles. The highest BCUT2D eigenvalue weighted by atomic mass is 19.4. The van der Waals surface area contributed by atoms with Crippen LogP contribution in [-0.2, 0) is 11.2 Å². The summed E-state index contributed by atoms with van der Waals surface area (Å²) in [6, 6.07) is 5.36.